The lowest BCUT2D eigenvalue weighted by atomic mass is 9.99. The van der Waals surface area contributed by atoms with Gasteiger partial charge in [0.2, 0.25) is 0 Å². The fourth-order valence-corrected chi connectivity index (χ4v) is 2.68. The molecular weight excluding hydrogens is 242 g/mol. The third-order valence-corrected chi connectivity index (χ3v) is 3.52. The van der Waals surface area contributed by atoms with Gasteiger partial charge in [-0.1, -0.05) is 25.8 Å². The van der Waals surface area contributed by atoms with E-state index in [9.17, 15) is 9.90 Å². The van der Waals surface area contributed by atoms with Crippen LogP contribution in [0.15, 0.2) is 23.0 Å². The highest BCUT2D eigenvalue weighted by molar-refractivity contribution is 5.79. The molecule has 0 amide bonds. The van der Waals surface area contributed by atoms with E-state index in [4.69, 9.17) is 9.60 Å². The van der Waals surface area contributed by atoms with Crippen LogP contribution in [0.2, 0.25) is 0 Å². The molecule has 1 aliphatic rings. The molecule has 0 saturated carbocycles. The normalized spacial score (nSPS) is 30.3. The van der Waals surface area contributed by atoms with Crippen molar-refractivity contribution in [3.8, 4) is 0 Å². The Morgan fingerprint density at radius 1 is 1.63 bits per heavy atom. The molecule has 2 heterocycles. The fraction of sp³-hybridized carbons (Fsp3) is 0.500. The molecule has 5 heteroatoms. The summed E-state index contributed by atoms with van der Waals surface area (Å²) >= 11 is 0. The van der Waals surface area contributed by atoms with Crippen molar-refractivity contribution in [2.75, 3.05) is 0 Å². The Morgan fingerprint density at radius 2 is 2.47 bits per heavy atom. The number of aliphatic hydroxyl groups is 1. The Hall–Kier alpha value is -1.59. The number of hydrogen-bond donors (Lipinski definition) is 3. The molecule has 3 rings (SSSR count). The van der Waals surface area contributed by atoms with Crippen LogP contribution >= 0.6 is 0 Å². The second-order valence-electron chi connectivity index (χ2n) is 4.68. The zero-order valence-electron chi connectivity index (χ0n) is 17.1. The van der Waals surface area contributed by atoms with Gasteiger partial charge in [0.25, 0.3) is 0 Å². The monoisotopic (exact) mass is 268 g/mol. The standard InChI is InChI=1S/C14H19N3O2/c1-8(2)15-11-6-7-17-12-9(13(11)18)4-3-5-10(12)16-14(17)19/h3-5,8,11,13,15,18H,6-7H2,1-2H3,(H,16,19)/t11-,13-/m1/s1/i1D3,2D3,8D. The summed E-state index contributed by atoms with van der Waals surface area (Å²) in [7, 11) is 0. The van der Waals surface area contributed by atoms with Crippen LogP contribution in [0.1, 0.15) is 41.4 Å². The van der Waals surface area contributed by atoms with E-state index in [1.54, 1.807) is 18.2 Å². The first-order chi connectivity index (χ1) is 11.9. The molecule has 0 fully saturated rings. The number of aromatic amines is 1. The van der Waals surface area contributed by atoms with Gasteiger partial charge in [-0.05, 0) is 12.5 Å². The van der Waals surface area contributed by atoms with Crippen molar-refractivity contribution < 1.29 is 14.7 Å². The lowest BCUT2D eigenvalue weighted by Crippen LogP contribution is -2.39. The van der Waals surface area contributed by atoms with Crippen molar-refractivity contribution in [3.05, 3.63) is 34.2 Å². The average molecular weight is 268 g/mol. The largest absolute Gasteiger partial charge is 0.387 e. The number of aliphatic hydroxyl groups excluding tert-OH is 1. The van der Waals surface area contributed by atoms with Crippen molar-refractivity contribution in [2.24, 2.45) is 0 Å². The van der Waals surface area contributed by atoms with E-state index in [1.807, 2.05) is 0 Å². The smallest absolute Gasteiger partial charge is 0.326 e. The summed E-state index contributed by atoms with van der Waals surface area (Å²) in [5, 5.41) is 13.1. The van der Waals surface area contributed by atoms with Crippen LogP contribution in [0.5, 0.6) is 0 Å². The molecule has 102 valence electrons. The molecule has 2 atom stereocenters. The van der Waals surface area contributed by atoms with Gasteiger partial charge in [-0.15, -0.1) is 0 Å². The van der Waals surface area contributed by atoms with Gasteiger partial charge < -0.3 is 15.4 Å². The lowest BCUT2D eigenvalue weighted by molar-refractivity contribution is 0.121. The molecule has 19 heavy (non-hydrogen) atoms. The molecule has 5 nitrogen and oxygen atoms in total. The summed E-state index contributed by atoms with van der Waals surface area (Å²) in [5.74, 6) is 0. The number of hydrogen-bond acceptors (Lipinski definition) is 3. The highest BCUT2D eigenvalue weighted by atomic mass is 16.3. The van der Waals surface area contributed by atoms with Crippen LogP contribution in [0.25, 0.3) is 11.0 Å². The number of H-pyrrole nitrogens is 1. The third-order valence-electron chi connectivity index (χ3n) is 3.52. The molecular formula is C14H19N3O2. The highest BCUT2D eigenvalue weighted by Gasteiger charge is 2.28. The quantitative estimate of drug-likeness (QED) is 0.765. The number of aromatic nitrogens is 2. The molecule has 0 aliphatic carbocycles. The summed E-state index contributed by atoms with van der Waals surface area (Å²) in [6.45, 7) is -6.16. The predicted molar refractivity (Wildman–Crippen MR) is 74.2 cm³/mol. The Balaban J connectivity index is 2.05. The van der Waals surface area contributed by atoms with E-state index in [0.29, 0.717) is 16.6 Å². The van der Waals surface area contributed by atoms with E-state index in [-0.39, 0.29) is 18.7 Å². The number of benzene rings is 1. The van der Waals surface area contributed by atoms with Crippen molar-refractivity contribution in [1.82, 2.24) is 14.9 Å². The zero-order valence-corrected chi connectivity index (χ0v) is 10.1. The van der Waals surface area contributed by atoms with Crippen LogP contribution in [-0.4, -0.2) is 26.7 Å². The van der Waals surface area contributed by atoms with Gasteiger partial charge in [-0.3, -0.25) is 4.57 Å². The summed E-state index contributed by atoms with van der Waals surface area (Å²) in [4.78, 5) is 14.8. The van der Waals surface area contributed by atoms with Crippen molar-refractivity contribution in [1.29, 1.82) is 0 Å². The minimum Gasteiger partial charge on any atom is -0.387 e. The summed E-state index contributed by atoms with van der Waals surface area (Å²) in [6.07, 6.45) is -1.20. The van der Waals surface area contributed by atoms with E-state index in [0.717, 1.165) is 0 Å². The van der Waals surface area contributed by atoms with Crippen LogP contribution in [0, 0.1) is 0 Å². The van der Waals surface area contributed by atoms with Crippen molar-refractivity contribution in [2.45, 2.75) is 44.8 Å². The number of para-hydroxylation sites is 1. The SMILES string of the molecule is [2H]C([2H])([2H])C([2H])(N[C@@H]1CCn2c(=O)[nH]c3cccc(c32)[C@H]1O)C([2H])([2H])[2H]. The summed E-state index contributed by atoms with van der Waals surface area (Å²) in [5.41, 5.74) is 1.02. The first-order valence-electron chi connectivity index (χ1n) is 9.54. The van der Waals surface area contributed by atoms with E-state index in [1.165, 1.54) is 4.57 Å². The molecule has 1 aromatic heterocycles. The van der Waals surface area contributed by atoms with E-state index in [2.05, 4.69) is 10.3 Å². The van der Waals surface area contributed by atoms with Gasteiger partial charge in [0.15, 0.2) is 0 Å². The van der Waals surface area contributed by atoms with Gasteiger partial charge in [0.05, 0.1) is 17.1 Å². The maximum Gasteiger partial charge on any atom is 0.326 e. The third kappa shape index (κ3) is 1.99. The van der Waals surface area contributed by atoms with Crippen LogP contribution < -0.4 is 11.0 Å². The Bertz CT molecular complexity index is 869. The maximum absolute atomic E-state index is 12.1. The van der Waals surface area contributed by atoms with Crippen molar-refractivity contribution >= 4 is 11.0 Å². The van der Waals surface area contributed by atoms with Crippen LogP contribution in [0.4, 0.5) is 0 Å². The average Bonchev–Trinajstić information content (AvgIpc) is 2.75. The first kappa shape index (κ1) is 6.72. The summed E-state index contributed by atoms with van der Waals surface area (Å²) < 4.78 is 54.6. The molecule has 1 aromatic carbocycles. The number of rotatable bonds is 2. The van der Waals surface area contributed by atoms with Gasteiger partial charge in [0.1, 0.15) is 0 Å². The second kappa shape index (κ2) is 4.51. The molecule has 3 N–H and O–H groups in total. The van der Waals surface area contributed by atoms with Gasteiger partial charge >= 0.3 is 5.69 Å². The van der Waals surface area contributed by atoms with E-state index >= 15 is 0 Å². The predicted octanol–water partition coefficient (Wildman–Crippen LogP) is 1.13. The molecule has 0 unspecified atom stereocenters. The Labute approximate surface area is 121 Å². The number of nitrogens with one attached hydrogen (secondary N) is 2. The summed E-state index contributed by atoms with van der Waals surface area (Å²) in [6, 6.07) is 0.915. The lowest BCUT2D eigenvalue weighted by Gasteiger charge is -2.24. The Kier molecular flexibility index (Phi) is 1.59. The minimum atomic E-state index is -3.15. The van der Waals surface area contributed by atoms with Gasteiger partial charge in [-0.2, -0.15) is 0 Å². The molecule has 0 bridgehead atoms. The van der Waals surface area contributed by atoms with Crippen molar-refractivity contribution in [3.63, 3.8) is 0 Å². The molecule has 0 saturated heterocycles. The zero-order chi connectivity index (χ0) is 19.5. The molecule has 0 radical (unpaired) electrons. The Morgan fingerprint density at radius 3 is 3.26 bits per heavy atom. The number of imidazole rings is 1. The molecule has 1 aliphatic heterocycles. The highest BCUT2D eigenvalue weighted by Crippen LogP contribution is 2.29. The first-order valence-corrected chi connectivity index (χ1v) is 6.04. The number of nitrogens with zero attached hydrogens (tertiary/aromatic N) is 1. The van der Waals surface area contributed by atoms with Gasteiger partial charge in [-0.25, -0.2) is 4.79 Å². The topological polar surface area (TPSA) is 70.0 Å². The number of aryl methyl sites for hydroxylation is 1. The molecule has 2 aromatic rings. The van der Waals surface area contributed by atoms with Crippen LogP contribution in [-0.2, 0) is 6.54 Å². The van der Waals surface area contributed by atoms with Crippen LogP contribution in [0.3, 0.4) is 0 Å². The minimum absolute atomic E-state index is 0.0789. The second-order valence-corrected chi connectivity index (χ2v) is 4.68. The van der Waals surface area contributed by atoms with Gasteiger partial charge in [0, 0.05) is 33.8 Å². The van der Waals surface area contributed by atoms with E-state index < -0.39 is 31.9 Å². The molecule has 0 spiro atoms. The fourth-order valence-electron chi connectivity index (χ4n) is 2.68. The maximum atomic E-state index is 12.1.